The van der Waals surface area contributed by atoms with Crippen molar-refractivity contribution in [2.45, 2.75) is 89.1 Å². The fourth-order valence-corrected chi connectivity index (χ4v) is 7.21. The molecule has 1 saturated carbocycles. The van der Waals surface area contributed by atoms with Gasteiger partial charge in [0, 0.05) is 12.3 Å². The van der Waals surface area contributed by atoms with E-state index in [0.717, 1.165) is 80.2 Å². The minimum atomic E-state index is -0.343. The maximum absolute atomic E-state index is 13.6. The van der Waals surface area contributed by atoms with Crippen LogP contribution in [0.4, 0.5) is 0 Å². The number of benzene rings is 2. The second-order valence-electron chi connectivity index (χ2n) is 12.4. The standard InChI is InChI=1S/C36H40NO5/c38-26(13-9-24-11-17-34(40)36(21-24)42-27-5-1-2-6-27)22-35(41)30-15-16-32-29(18-19-37-32)31(30)20-23-8-12-25-4-3-7-33(39)28(25)14-10-23/h3-4,7,11,15-19,21,23,27,30-31,39-40H,1-2,5-6,8-10,12-14,20,22H2/q-1/t23-,30+,31+/m0/s1. The van der Waals surface area contributed by atoms with Crippen LogP contribution in [-0.4, -0.2) is 27.9 Å². The van der Waals surface area contributed by atoms with Gasteiger partial charge in [-0.15, -0.1) is 5.69 Å². The normalized spacial score (nSPS) is 21.9. The van der Waals surface area contributed by atoms with Crippen LogP contribution < -0.4 is 9.72 Å². The van der Waals surface area contributed by atoms with Crippen LogP contribution in [0.1, 0.15) is 91.7 Å². The van der Waals surface area contributed by atoms with Gasteiger partial charge in [-0.2, -0.15) is 6.20 Å². The molecule has 3 aliphatic carbocycles. The third kappa shape index (κ3) is 6.33. The molecular formula is C36H40NO5-. The van der Waals surface area contributed by atoms with E-state index in [1.165, 1.54) is 5.56 Å². The SMILES string of the molecule is O=C(CCc1ccc(O)c(OC2CCCC2)c1)CC(=O)[C@@H]1C=Cc2[n-]ccc2[C@H]1C[C@H]1CCc2cccc(O)c2CC1. The number of phenols is 2. The first-order valence-corrected chi connectivity index (χ1v) is 15.6. The fourth-order valence-electron chi connectivity index (χ4n) is 7.21. The van der Waals surface area contributed by atoms with Crippen molar-refractivity contribution < 1.29 is 24.5 Å². The summed E-state index contributed by atoms with van der Waals surface area (Å²) in [4.78, 5) is 31.1. The highest BCUT2D eigenvalue weighted by Gasteiger charge is 2.33. The summed E-state index contributed by atoms with van der Waals surface area (Å²) in [7, 11) is 0. The van der Waals surface area contributed by atoms with Crippen molar-refractivity contribution in [3.63, 3.8) is 0 Å². The lowest BCUT2D eigenvalue weighted by Crippen LogP contribution is -2.27. The predicted octanol–water partition coefficient (Wildman–Crippen LogP) is 6.85. The van der Waals surface area contributed by atoms with Crippen LogP contribution in [0.5, 0.6) is 17.2 Å². The number of allylic oxidation sites excluding steroid dienone is 1. The first-order chi connectivity index (χ1) is 20.4. The van der Waals surface area contributed by atoms with Gasteiger partial charge >= 0.3 is 0 Å². The van der Waals surface area contributed by atoms with Gasteiger partial charge < -0.3 is 19.9 Å². The van der Waals surface area contributed by atoms with Crippen molar-refractivity contribution in [1.82, 2.24) is 4.98 Å². The summed E-state index contributed by atoms with van der Waals surface area (Å²) in [5, 5.41) is 20.6. The van der Waals surface area contributed by atoms with E-state index in [1.807, 2.05) is 42.6 Å². The third-order valence-electron chi connectivity index (χ3n) is 9.57. The quantitative estimate of drug-likeness (QED) is 0.206. The molecule has 1 heterocycles. The molecule has 1 aromatic heterocycles. The average Bonchev–Trinajstić information content (AvgIpc) is 3.63. The van der Waals surface area contributed by atoms with Gasteiger partial charge in [0.15, 0.2) is 11.5 Å². The smallest absolute Gasteiger partial charge is 0.161 e. The Morgan fingerprint density at radius 3 is 2.64 bits per heavy atom. The van der Waals surface area contributed by atoms with Crippen LogP contribution in [0.25, 0.3) is 6.08 Å². The van der Waals surface area contributed by atoms with Gasteiger partial charge in [-0.3, -0.25) is 9.59 Å². The Labute approximate surface area is 247 Å². The van der Waals surface area contributed by atoms with Crippen molar-refractivity contribution in [3.8, 4) is 17.2 Å². The van der Waals surface area contributed by atoms with Crippen LogP contribution >= 0.6 is 0 Å². The van der Waals surface area contributed by atoms with Gasteiger partial charge in [0.05, 0.1) is 12.5 Å². The number of nitrogens with zero attached hydrogens (tertiary/aromatic N) is 1. The Balaban J connectivity index is 1.08. The molecule has 3 aromatic rings. The molecule has 0 saturated heterocycles. The number of carbonyl (C=O) groups excluding carboxylic acids is 2. The van der Waals surface area contributed by atoms with Gasteiger partial charge in [0.2, 0.25) is 0 Å². The molecule has 2 aromatic carbocycles. The number of rotatable bonds is 10. The van der Waals surface area contributed by atoms with Crippen LogP contribution in [0.2, 0.25) is 0 Å². The maximum atomic E-state index is 13.6. The van der Waals surface area contributed by atoms with Crippen LogP contribution in [-0.2, 0) is 28.9 Å². The summed E-state index contributed by atoms with van der Waals surface area (Å²) in [6, 6.07) is 13.1. The molecule has 6 rings (SSSR count). The molecule has 3 aliphatic rings. The van der Waals surface area contributed by atoms with Gasteiger partial charge in [0.25, 0.3) is 0 Å². The molecular weight excluding hydrogens is 526 g/mol. The van der Waals surface area contributed by atoms with Crippen molar-refractivity contribution in [2.75, 3.05) is 0 Å². The molecule has 220 valence electrons. The fraction of sp³-hybridized carbons (Fsp3) is 0.444. The van der Waals surface area contributed by atoms with E-state index in [-0.39, 0.29) is 48.1 Å². The number of aryl methyl sites for hydroxylation is 2. The lowest BCUT2D eigenvalue weighted by molar-refractivity contribution is -0.128. The van der Waals surface area contributed by atoms with E-state index in [0.29, 0.717) is 23.8 Å². The largest absolute Gasteiger partial charge is 0.664 e. The Hall–Kier alpha value is -3.80. The Bertz CT molecular complexity index is 1460. The van der Waals surface area contributed by atoms with Crippen LogP contribution in [0.3, 0.4) is 0 Å². The number of phenolic OH excluding ortho intramolecular Hbond substituents is 2. The minimum absolute atomic E-state index is 0.00000183. The molecule has 0 amide bonds. The highest BCUT2D eigenvalue weighted by Crippen LogP contribution is 2.42. The van der Waals surface area contributed by atoms with E-state index in [9.17, 15) is 19.8 Å². The lowest BCUT2D eigenvalue weighted by Gasteiger charge is -2.32. The number of ketones is 2. The summed E-state index contributed by atoms with van der Waals surface area (Å²) in [6.07, 6.45) is 15.4. The zero-order chi connectivity index (χ0) is 29.1. The number of aromatic nitrogens is 1. The number of carbonyl (C=O) groups is 2. The molecule has 1 fully saturated rings. The van der Waals surface area contributed by atoms with E-state index < -0.39 is 0 Å². The second-order valence-corrected chi connectivity index (χ2v) is 12.4. The van der Waals surface area contributed by atoms with Gasteiger partial charge in [-0.1, -0.05) is 42.0 Å². The Morgan fingerprint density at radius 2 is 1.79 bits per heavy atom. The van der Waals surface area contributed by atoms with Gasteiger partial charge in [0.1, 0.15) is 17.3 Å². The number of fused-ring (bicyclic) bond motifs is 2. The number of Topliss-reactive ketones (excluding diaryl/α,β-unsaturated/α-hetero) is 2. The first-order valence-electron chi connectivity index (χ1n) is 15.6. The molecule has 6 heteroatoms. The lowest BCUT2D eigenvalue weighted by atomic mass is 9.73. The van der Waals surface area contributed by atoms with Gasteiger partial charge in [-0.05, 0) is 111 Å². The molecule has 0 aliphatic heterocycles. The molecule has 0 radical (unpaired) electrons. The summed E-state index contributed by atoms with van der Waals surface area (Å²) in [6.45, 7) is 0. The zero-order valence-corrected chi connectivity index (χ0v) is 24.1. The highest BCUT2D eigenvalue weighted by molar-refractivity contribution is 6.01. The summed E-state index contributed by atoms with van der Waals surface area (Å²) < 4.78 is 6.01. The predicted molar refractivity (Wildman–Crippen MR) is 162 cm³/mol. The van der Waals surface area contributed by atoms with Gasteiger partial charge in [-0.25, -0.2) is 0 Å². The minimum Gasteiger partial charge on any atom is -0.664 e. The van der Waals surface area contributed by atoms with Crippen molar-refractivity contribution in [1.29, 1.82) is 0 Å². The number of hydrogen-bond acceptors (Lipinski definition) is 5. The van der Waals surface area contributed by atoms with Crippen molar-refractivity contribution in [2.24, 2.45) is 11.8 Å². The molecule has 0 unspecified atom stereocenters. The van der Waals surface area contributed by atoms with E-state index >= 15 is 0 Å². The van der Waals surface area contributed by atoms with Crippen LogP contribution in [0, 0.1) is 11.8 Å². The molecule has 2 N–H and O–H groups in total. The zero-order valence-electron chi connectivity index (χ0n) is 24.1. The van der Waals surface area contributed by atoms with Crippen LogP contribution in [0.15, 0.2) is 54.7 Å². The third-order valence-corrected chi connectivity index (χ3v) is 9.57. The summed E-state index contributed by atoms with van der Waals surface area (Å²) >= 11 is 0. The van der Waals surface area contributed by atoms with E-state index in [2.05, 4.69) is 11.1 Å². The van der Waals surface area contributed by atoms with E-state index in [4.69, 9.17) is 4.74 Å². The number of hydrogen-bond donors (Lipinski definition) is 2. The monoisotopic (exact) mass is 566 g/mol. The number of aromatic hydroxyl groups is 2. The first kappa shape index (κ1) is 28.3. The average molecular weight is 567 g/mol. The number of ether oxygens (including phenoxy) is 1. The second kappa shape index (κ2) is 12.6. The maximum Gasteiger partial charge on any atom is 0.161 e. The van der Waals surface area contributed by atoms with Crippen molar-refractivity contribution in [3.05, 3.63) is 82.7 Å². The molecule has 42 heavy (non-hydrogen) atoms. The summed E-state index contributed by atoms with van der Waals surface area (Å²) in [5.74, 6) is 0.964. The van der Waals surface area contributed by atoms with Crippen molar-refractivity contribution >= 4 is 17.6 Å². The molecule has 0 spiro atoms. The molecule has 3 atom stereocenters. The Kier molecular flexibility index (Phi) is 8.50. The highest BCUT2D eigenvalue weighted by atomic mass is 16.5. The molecule has 6 nitrogen and oxygen atoms in total. The Morgan fingerprint density at radius 1 is 0.952 bits per heavy atom. The topological polar surface area (TPSA) is 97.9 Å². The van der Waals surface area contributed by atoms with E-state index in [1.54, 1.807) is 12.1 Å². The summed E-state index contributed by atoms with van der Waals surface area (Å²) in [5.41, 5.74) is 5.23. The molecule has 0 bridgehead atoms.